The molecule has 3 rings (SSSR count). The molecule has 1 aromatic carbocycles. The molecule has 0 bridgehead atoms. The van der Waals surface area contributed by atoms with Gasteiger partial charge in [-0.05, 0) is 38.3 Å². The second-order valence-electron chi connectivity index (χ2n) is 7.56. The number of rotatable bonds is 4. The van der Waals surface area contributed by atoms with Crippen molar-refractivity contribution in [3.05, 3.63) is 38.4 Å². The number of carbonyl (C=O) groups is 1. The fraction of sp³-hybridized carbons (Fsp3) is 0.632. The fourth-order valence-corrected chi connectivity index (χ4v) is 4.46. The van der Waals surface area contributed by atoms with Gasteiger partial charge in [0.2, 0.25) is 5.91 Å². The monoisotopic (exact) mass is 379 g/mol. The summed E-state index contributed by atoms with van der Waals surface area (Å²) in [5.41, 5.74) is 1.61. The average Bonchev–Trinajstić information content (AvgIpc) is 3.11. The number of amides is 1. The molecule has 0 N–H and O–H groups in total. The lowest BCUT2D eigenvalue weighted by Gasteiger charge is -2.41. The van der Waals surface area contributed by atoms with Gasteiger partial charge in [0.25, 0.3) is 5.69 Å². The van der Waals surface area contributed by atoms with Crippen molar-refractivity contribution in [1.29, 1.82) is 0 Å². The average molecular weight is 380 g/mol. The molecule has 1 atom stereocenters. The Hall–Kier alpha value is -1.66. The minimum atomic E-state index is -0.383. The Morgan fingerprint density at radius 2 is 2.00 bits per heavy atom. The van der Waals surface area contributed by atoms with Crippen LogP contribution >= 0.6 is 11.6 Å². The first-order valence-corrected chi connectivity index (χ1v) is 9.71. The summed E-state index contributed by atoms with van der Waals surface area (Å²) in [4.78, 5) is 27.8. The minimum absolute atomic E-state index is 0.0654. The summed E-state index contributed by atoms with van der Waals surface area (Å²) in [6.45, 7) is 6.75. The molecule has 142 valence electrons. The smallest absolute Gasteiger partial charge is 0.274 e. The standard InChI is InChI=1S/C19H26ClN3O3/c1-13-11-21(7-8-22(13)19(24)15-5-3-4-6-15)12-16-9-17(20)10-18(14(16)2)23(25)26/h9-10,13,15H,3-8,11-12H2,1-2H3. The van der Waals surface area contributed by atoms with Crippen molar-refractivity contribution in [2.24, 2.45) is 5.92 Å². The predicted octanol–water partition coefficient (Wildman–Crippen LogP) is 3.78. The maximum absolute atomic E-state index is 12.7. The second kappa shape index (κ2) is 7.92. The molecule has 1 aliphatic heterocycles. The van der Waals surface area contributed by atoms with Crippen LogP contribution in [0.2, 0.25) is 5.02 Å². The molecular weight excluding hydrogens is 354 g/mol. The van der Waals surface area contributed by atoms with E-state index in [9.17, 15) is 14.9 Å². The molecule has 1 amide bonds. The van der Waals surface area contributed by atoms with E-state index in [2.05, 4.69) is 11.8 Å². The Morgan fingerprint density at radius 1 is 1.31 bits per heavy atom. The van der Waals surface area contributed by atoms with Crippen LogP contribution in [0.4, 0.5) is 5.69 Å². The molecule has 2 aliphatic rings. The Balaban J connectivity index is 1.66. The first-order chi connectivity index (χ1) is 12.4. The van der Waals surface area contributed by atoms with E-state index in [-0.39, 0.29) is 22.6 Å². The molecule has 1 aliphatic carbocycles. The molecule has 0 radical (unpaired) electrons. The van der Waals surface area contributed by atoms with Crippen molar-refractivity contribution in [2.75, 3.05) is 19.6 Å². The van der Waals surface area contributed by atoms with Gasteiger partial charge < -0.3 is 4.90 Å². The van der Waals surface area contributed by atoms with Crippen LogP contribution in [0.25, 0.3) is 0 Å². The predicted molar refractivity (Wildman–Crippen MR) is 101 cm³/mol. The third kappa shape index (κ3) is 4.01. The number of hydrogen-bond acceptors (Lipinski definition) is 4. The first kappa shape index (κ1) is 19.1. The summed E-state index contributed by atoms with van der Waals surface area (Å²) in [7, 11) is 0. The number of hydrogen-bond donors (Lipinski definition) is 0. The lowest BCUT2D eigenvalue weighted by molar-refractivity contribution is -0.385. The van der Waals surface area contributed by atoms with Gasteiger partial charge in [-0.15, -0.1) is 0 Å². The van der Waals surface area contributed by atoms with Gasteiger partial charge in [-0.1, -0.05) is 24.4 Å². The number of nitro groups is 1. The normalized spacial score (nSPS) is 22.0. The quantitative estimate of drug-likeness (QED) is 0.589. The molecule has 1 saturated carbocycles. The van der Waals surface area contributed by atoms with Crippen LogP contribution in [0.1, 0.15) is 43.7 Å². The molecule has 0 spiro atoms. The molecule has 6 nitrogen and oxygen atoms in total. The summed E-state index contributed by atoms with van der Waals surface area (Å²) in [6.07, 6.45) is 4.38. The van der Waals surface area contributed by atoms with Gasteiger partial charge in [-0.25, -0.2) is 0 Å². The highest BCUT2D eigenvalue weighted by molar-refractivity contribution is 6.30. The Bertz CT molecular complexity index is 704. The highest BCUT2D eigenvalue weighted by atomic mass is 35.5. The lowest BCUT2D eigenvalue weighted by Crippen LogP contribution is -2.54. The van der Waals surface area contributed by atoms with E-state index < -0.39 is 0 Å². The van der Waals surface area contributed by atoms with Crippen molar-refractivity contribution in [1.82, 2.24) is 9.80 Å². The van der Waals surface area contributed by atoms with Crippen LogP contribution in [-0.2, 0) is 11.3 Å². The van der Waals surface area contributed by atoms with Crippen LogP contribution in [0.15, 0.2) is 12.1 Å². The zero-order valence-corrected chi connectivity index (χ0v) is 16.2. The number of benzene rings is 1. The van der Waals surface area contributed by atoms with Crippen molar-refractivity contribution in [3.8, 4) is 0 Å². The summed E-state index contributed by atoms with van der Waals surface area (Å²) < 4.78 is 0. The van der Waals surface area contributed by atoms with Crippen molar-refractivity contribution in [2.45, 2.75) is 52.1 Å². The van der Waals surface area contributed by atoms with E-state index >= 15 is 0 Å². The molecule has 1 aromatic rings. The van der Waals surface area contributed by atoms with Crippen molar-refractivity contribution < 1.29 is 9.72 Å². The molecule has 2 fully saturated rings. The highest BCUT2D eigenvalue weighted by Gasteiger charge is 2.33. The topological polar surface area (TPSA) is 66.7 Å². The third-order valence-electron chi connectivity index (χ3n) is 5.74. The molecule has 1 saturated heterocycles. The number of halogens is 1. The maximum atomic E-state index is 12.7. The van der Waals surface area contributed by atoms with Gasteiger partial charge in [0.15, 0.2) is 0 Å². The fourth-order valence-electron chi connectivity index (χ4n) is 4.23. The lowest BCUT2D eigenvalue weighted by atomic mass is 10.0. The SMILES string of the molecule is Cc1c(CN2CCN(C(=O)C3CCCC3)C(C)C2)cc(Cl)cc1[N+](=O)[O-]. The molecule has 0 aromatic heterocycles. The van der Waals surface area contributed by atoms with Crippen molar-refractivity contribution >= 4 is 23.2 Å². The number of carbonyl (C=O) groups excluding carboxylic acids is 1. The van der Waals surface area contributed by atoms with Gasteiger partial charge in [-0.3, -0.25) is 19.8 Å². The summed E-state index contributed by atoms with van der Waals surface area (Å²) in [5, 5.41) is 11.6. The van der Waals surface area contributed by atoms with E-state index in [1.807, 2.05) is 11.0 Å². The number of nitrogens with zero attached hydrogens (tertiary/aromatic N) is 3. The zero-order valence-electron chi connectivity index (χ0n) is 15.4. The summed E-state index contributed by atoms with van der Waals surface area (Å²) in [5.74, 6) is 0.519. The van der Waals surface area contributed by atoms with E-state index in [0.717, 1.165) is 50.9 Å². The highest BCUT2D eigenvalue weighted by Crippen LogP contribution is 2.30. The van der Waals surface area contributed by atoms with Crippen LogP contribution in [0.5, 0.6) is 0 Å². The molecule has 26 heavy (non-hydrogen) atoms. The Kier molecular flexibility index (Phi) is 5.82. The maximum Gasteiger partial charge on any atom is 0.274 e. The molecule has 7 heteroatoms. The van der Waals surface area contributed by atoms with Crippen LogP contribution in [0, 0.1) is 23.0 Å². The van der Waals surface area contributed by atoms with E-state index in [4.69, 9.17) is 11.6 Å². The van der Waals surface area contributed by atoms with Gasteiger partial charge in [0, 0.05) is 54.8 Å². The third-order valence-corrected chi connectivity index (χ3v) is 5.96. The van der Waals surface area contributed by atoms with Gasteiger partial charge >= 0.3 is 0 Å². The number of nitro benzene ring substituents is 1. The van der Waals surface area contributed by atoms with E-state index in [1.54, 1.807) is 6.92 Å². The van der Waals surface area contributed by atoms with Crippen LogP contribution < -0.4 is 0 Å². The molecule has 1 unspecified atom stereocenters. The van der Waals surface area contributed by atoms with Gasteiger partial charge in [0.1, 0.15) is 0 Å². The van der Waals surface area contributed by atoms with Crippen LogP contribution in [-0.4, -0.2) is 46.3 Å². The first-order valence-electron chi connectivity index (χ1n) is 9.33. The molecular formula is C19H26ClN3O3. The minimum Gasteiger partial charge on any atom is -0.337 e. The summed E-state index contributed by atoms with van der Waals surface area (Å²) in [6, 6.07) is 3.37. The molecule has 1 heterocycles. The van der Waals surface area contributed by atoms with Gasteiger partial charge in [0.05, 0.1) is 4.92 Å². The largest absolute Gasteiger partial charge is 0.337 e. The van der Waals surface area contributed by atoms with E-state index in [0.29, 0.717) is 23.0 Å². The Morgan fingerprint density at radius 3 is 2.62 bits per heavy atom. The zero-order chi connectivity index (χ0) is 18.8. The summed E-state index contributed by atoms with van der Waals surface area (Å²) >= 11 is 6.07. The Labute approximate surface area is 159 Å². The van der Waals surface area contributed by atoms with Crippen molar-refractivity contribution in [3.63, 3.8) is 0 Å². The van der Waals surface area contributed by atoms with E-state index in [1.165, 1.54) is 6.07 Å². The van der Waals surface area contributed by atoms with Crippen LogP contribution in [0.3, 0.4) is 0 Å². The number of piperazine rings is 1. The second-order valence-corrected chi connectivity index (χ2v) is 8.00. The van der Waals surface area contributed by atoms with Gasteiger partial charge in [-0.2, -0.15) is 0 Å².